The lowest BCUT2D eigenvalue weighted by Gasteiger charge is -2.17. The second kappa shape index (κ2) is 7.43. The van der Waals surface area contributed by atoms with Gasteiger partial charge < -0.3 is 15.8 Å². The average molecular weight is 291 g/mol. The lowest BCUT2D eigenvalue weighted by molar-refractivity contribution is -0.117. The Morgan fingerprint density at radius 2 is 2.24 bits per heavy atom. The number of rotatable bonds is 8. The number of nitrogen functional groups attached to an aromatic ring is 1. The molecule has 21 heavy (non-hydrogen) atoms. The molecule has 0 aromatic heterocycles. The molecule has 1 aromatic rings. The number of nitrogens with two attached hydrogens (primary N) is 1. The van der Waals surface area contributed by atoms with Crippen LogP contribution in [0.3, 0.4) is 0 Å². The molecule has 0 saturated heterocycles. The molecule has 1 aromatic carbocycles. The molecule has 0 radical (unpaired) electrons. The Morgan fingerprint density at radius 3 is 2.90 bits per heavy atom. The summed E-state index contributed by atoms with van der Waals surface area (Å²) < 4.78 is 5.57. The number of anilines is 2. The zero-order valence-corrected chi connectivity index (χ0v) is 12.9. The van der Waals surface area contributed by atoms with Gasteiger partial charge in [-0.05, 0) is 44.4 Å². The summed E-state index contributed by atoms with van der Waals surface area (Å²) in [5, 5.41) is 2.88. The molecule has 1 aliphatic carbocycles. The molecule has 5 heteroatoms. The van der Waals surface area contributed by atoms with E-state index < -0.39 is 0 Å². The minimum absolute atomic E-state index is 0.0549. The van der Waals surface area contributed by atoms with E-state index in [0.717, 1.165) is 24.6 Å². The lowest BCUT2D eigenvalue weighted by atomic mass is 10.1. The summed E-state index contributed by atoms with van der Waals surface area (Å²) >= 11 is 0. The second-order valence-electron chi connectivity index (χ2n) is 5.84. The van der Waals surface area contributed by atoms with Crippen LogP contribution in [0.4, 0.5) is 11.4 Å². The smallest absolute Gasteiger partial charge is 0.238 e. The van der Waals surface area contributed by atoms with Crippen molar-refractivity contribution in [2.24, 2.45) is 5.92 Å². The van der Waals surface area contributed by atoms with Crippen LogP contribution in [-0.4, -0.2) is 44.2 Å². The van der Waals surface area contributed by atoms with Crippen molar-refractivity contribution in [1.29, 1.82) is 0 Å². The predicted molar refractivity (Wildman–Crippen MR) is 85.3 cm³/mol. The van der Waals surface area contributed by atoms with Gasteiger partial charge in [-0.25, -0.2) is 0 Å². The summed E-state index contributed by atoms with van der Waals surface area (Å²) in [5.41, 5.74) is 8.16. The van der Waals surface area contributed by atoms with Gasteiger partial charge in [-0.1, -0.05) is 12.1 Å². The molecule has 1 fully saturated rings. The van der Waals surface area contributed by atoms with E-state index in [2.05, 4.69) is 5.32 Å². The third-order valence-electron chi connectivity index (χ3n) is 3.65. The molecule has 0 heterocycles. The van der Waals surface area contributed by atoms with Crippen molar-refractivity contribution in [3.05, 3.63) is 23.8 Å². The lowest BCUT2D eigenvalue weighted by Crippen LogP contribution is -2.33. The highest BCUT2D eigenvalue weighted by molar-refractivity contribution is 5.96. The number of aryl methyl sites for hydroxylation is 1. The highest BCUT2D eigenvalue weighted by Crippen LogP contribution is 2.28. The first-order valence-electron chi connectivity index (χ1n) is 7.47. The van der Waals surface area contributed by atoms with E-state index in [1.165, 1.54) is 12.8 Å². The third kappa shape index (κ3) is 5.36. The molecule has 0 unspecified atom stereocenters. The zero-order valence-electron chi connectivity index (χ0n) is 12.9. The van der Waals surface area contributed by atoms with E-state index in [0.29, 0.717) is 24.5 Å². The van der Waals surface area contributed by atoms with Crippen LogP contribution in [0.1, 0.15) is 18.4 Å². The van der Waals surface area contributed by atoms with Crippen molar-refractivity contribution in [1.82, 2.24) is 4.90 Å². The number of likely N-dealkylation sites (N-methyl/N-ethyl adjacent to an activating group) is 1. The van der Waals surface area contributed by atoms with Gasteiger partial charge in [-0.2, -0.15) is 0 Å². The number of hydrogen-bond acceptors (Lipinski definition) is 4. The van der Waals surface area contributed by atoms with E-state index in [9.17, 15) is 4.79 Å². The summed E-state index contributed by atoms with van der Waals surface area (Å²) in [6.07, 6.45) is 2.60. The van der Waals surface area contributed by atoms with Crippen LogP contribution in [0, 0.1) is 12.8 Å². The molecule has 0 bridgehead atoms. The number of amides is 1. The fourth-order valence-corrected chi connectivity index (χ4v) is 2.12. The van der Waals surface area contributed by atoms with Gasteiger partial charge in [0.05, 0.1) is 24.5 Å². The number of nitrogens with one attached hydrogen (secondary N) is 1. The first-order valence-corrected chi connectivity index (χ1v) is 7.47. The van der Waals surface area contributed by atoms with E-state index in [1.807, 2.05) is 31.0 Å². The molecule has 5 nitrogen and oxygen atoms in total. The number of carbonyl (C=O) groups excluding carboxylic acids is 1. The predicted octanol–water partition coefficient (Wildman–Crippen LogP) is 1.87. The molecule has 0 atom stereocenters. The van der Waals surface area contributed by atoms with Crippen LogP contribution >= 0.6 is 0 Å². The molecule has 116 valence electrons. The standard InChI is InChI=1S/C16H25N3O2/c1-12-4-3-5-14(17)16(12)18-15(20)10-19(2)8-9-21-11-13-6-7-13/h3-5,13H,6-11,17H2,1-2H3,(H,18,20). The van der Waals surface area contributed by atoms with Gasteiger partial charge >= 0.3 is 0 Å². The fraction of sp³-hybridized carbons (Fsp3) is 0.562. The topological polar surface area (TPSA) is 67.6 Å². The number of benzene rings is 1. The van der Waals surface area contributed by atoms with Gasteiger partial charge in [0.25, 0.3) is 0 Å². The zero-order chi connectivity index (χ0) is 15.2. The Hall–Kier alpha value is -1.59. The molecule has 1 saturated carbocycles. The van der Waals surface area contributed by atoms with Crippen LogP contribution in [-0.2, 0) is 9.53 Å². The normalized spacial score (nSPS) is 14.4. The van der Waals surface area contributed by atoms with Crippen molar-refractivity contribution < 1.29 is 9.53 Å². The van der Waals surface area contributed by atoms with E-state index in [-0.39, 0.29) is 5.91 Å². The molecule has 3 N–H and O–H groups in total. The summed E-state index contributed by atoms with van der Waals surface area (Å²) in [6, 6.07) is 5.60. The minimum Gasteiger partial charge on any atom is -0.397 e. The highest BCUT2D eigenvalue weighted by atomic mass is 16.5. The van der Waals surface area contributed by atoms with E-state index >= 15 is 0 Å². The monoisotopic (exact) mass is 291 g/mol. The summed E-state index contributed by atoms with van der Waals surface area (Å²) in [6.45, 7) is 4.55. The number of ether oxygens (including phenoxy) is 1. The van der Waals surface area contributed by atoms with Crippen molar-refractivity contribution in [3.8, 4) is 0 Å². The van der Waals surface area contributed by atoms with Gasteiger partial charge in [-0.15, -0.1) is 0 Å². The van der Waals surface area contributed by atoms with Crippen molar-refractivity contribution in [3.63, 3.8) is 0 Å². The van der Waals surface area contributed by atoms with Gasteiger partial charge in [-0.3, -0.25) is 9.69 Å². The Labute approximate surface area is 126 Å². The number of nitrogens with zero attached hydrogens (tertiary/aromatic N) is 1. The summed E-state index contributed by atoms with van der Waals surface area (Å²) in [4.78, 5) is 14.0. The fourth-order valence-electron chi connectivity index (χ4n) is 2.12. The Bertz CT molecular complexity index is 466. The van der Waals surface area contributed by atoms with Crippen molar-refractivity contribution >= 4 is 17.3 Å². The van der Waals surface area contributed by atoms with Gasteiger partial charge in [0.2, 0.25) is 5.91 Å². The second-order valence-corrected chi connectivity index (χ2v) is 5.84. The van der Waals surface area contributed by atoms with E-state index in [4.69, 9.17) is 10.5 Å². The Morgan fingerprint density at radius 1 is 1.48 bits per heavy atom. The van der Waals surface area contributed by atoms with Crippen molar-refractivity contribution in [2.45, 2.75) is 19.8 Å². The third-order valence-corrected chi connectivity index (χ3v) is 3.65. The van der Waals surface area contributed by atoms with Crippen LogP contribution in [0.5, 0.6) is 0 Å². The largest absolute Gasteiger partial charge is 0.397 e. The number of para-hydroxylation sites is 1. The highest BCUT2D eigenvalue weighted by Gasteiger charge is 2.21. The average Bonchev–Trinajstić information content (AvgIpc) is 3.23. The molecule has 1 amide bonds. The molecule has 2 rings (SSSR count). The molecular formula is C16H25N3O2. The van der Waals surface area contributed by atoms with Crippen LogP contribution in [0.25, 0.3) is 0 Å². The van der Waals surface area contributed by atoms with Gasteiger partial charge in [0, 0.05) is 13.2 Å². The minimum atomic E-state index is -0.0549. The first-order chi connectivity index (χ1) is 10.1. The van der Waals surface area contributed by atoms with Crippen LogP contribution in [0.15, 0.2) is 18.2 Å². The van der Waals surface area contributed by atoms with Gasteiger partial charge in [0.15, 0.2) is 0 Å². The summed E-state index contributed by atoms with van der Waals surface area (Å²) in [7, 11) is 1.92. The number of carbonyl (C=O) groups is 1. The van der Waals surface area contributed by atoms with Crippen molar-refractivity contribution in [2.75, 3.05) is 44.4 Å². The maximum Gasteiger partial charge on any atom is 0.238 e. The van der Waals surface area contributed by atoms with Crippen LogP contribution in [0.2, 0.25) is 0 Å². The Balaban J connectivity index is 1.70. The first kappa shape index (κ1) is 15.8. The Kier molecular flexibility index (Phi) is 5.59. The maximum absolute atomic E-state index is 12.0. The van der Waals surface area contributed by atoms with E-state index in [1.54, 1.807) is 6.07 Å². The molecular weight excluding hydrogens is 266 g/mol. The molecule has 0 spiro atoms. The summed E-state index contributed by atoms with van der Waals surface area (Å²) in [5.74, 6) is 0.725. The maximum atomic E-state index is 12.0. The SMILES string of the molecule is Cc1cccc(N)c1NC(=O)CN(C)CCOCC1CC1. The molecule has 0 aliphatic heterocycles. The quantitative estimate of drug-likeness (QED) is 0.567. The number of hydrogen-bond donors (Lipinski definition) is 2. The van der Waals surface area contributed by atoms with Crippen LogP contribution < -0.4 is 11.1 Å². The van der Waals surface area contributed by atoms with Gasteiger partial charge in [0.1, 0.15) is 0 Å². The molecule has 1 aliphatic rings.